The number of benzene rings is 1. The van der Waals surface area contributed by atoms with Crippen LogP contribution in [0.15, 0.2) is 24.3 Å². The average molecular weight is 329 g/mol. The van der Waals surface area contributed by atoms with Crippen LogP contribution in [0, 0.1) is 5.92 Å². The number of nitrogens with one attached hydrogen (secondary N) is 1. The van der Waals surface area contributed by atoms with E-state index in [1.807, 2.05) is 17.0 Å². The Kier molecular flexibility index (Phi) is 5.51. The second-order valence-electron chi connectivity index (χ2n) is 7.06. The summed E-state index contributed by atoms with van der Waals surface area (Å²) in [5.74, 6) is 0.191. The van der Waals surface area contributed by atoms with Gasteiger partial charge in [0.25, 0.3) is 5.91 Å². The highest BCUT2D eigenvalue weighted by molar-refractivity contribution is 5.97. The molecule has 1 aliphatic heterocycles. The first-order chi connectivity index (χ1) is 11.6. The van der Waals surface area contributed by atoms with Gasteiger partial charge in [-0.05, 0) is 43.9 Å². The van der Waals surface area contributed by atoms with Crippen molar-refractivity contribution in [1.29, 1.82) is 0 Å². The third-order valence-corrected chi connectivity index (χ3v) is 5.10. The smallest absolute Gasteiger partial charge is 0.253 e. The fourth-order valence-electron chi connectivity index (χ4n) is 3.72. The van der Waals surface area contributed by atoms with Crippen molar-refractivity contribution in [3.05, 3.63) is 29.8 Å². The lowest BCUT2D eigenvalue weighted by Gasteiger charge is -2.31. The molecule has 0 radical (unpaired) electrons. The van der Waals surface area contributed by atoms with Crippen molar-refractivity contribution in [3.8, 4) is 0 Å². The molecule has 5 heteroatoms. The number of likely N-dealkylation sites (tertiary alicyclic amines) is 1. The number of piperidine rings is 1. The monoisotopic (exact) mass is 329 g/mol. The van der Waals surface area contributed by atoms with Crippen LogP contribution >= 0.6 is 0 Å². The van der Waals surface area contributed by atoms with Crippen molar-refractivity contribution in [3.63, 3.8) is 0 Å². The predicted octanol–water partition coefficient (Wildman–Crippen LogP) is 2.77. The molecule has 1 aromatic rings. The van der Waals surface area contributed by atoms with E-state index in [-0.39, 0.29) is 23.8 Å². The van der Waals surface area contributed by atoms with Crippen molar-refractivity contribution in [2.75, 3.05) is 18.4 Å². The number of hydrogen-bond acceptors (Lipinski definition) is 3. The van der Waals surface area contributed by atoms with Crippen molar-refractivity contribution in [1.82, 2.24) is 4.90 Å². The van der Waals surface area contributed by atoms with Gasteiger partial charge in [-0.25, -0.2) is 0 Å². The molecule has 2 fully saturated rings. The number of anilines is 1. The third-order valence-electron chi connectivity index (χ3n) is 5.10. The molecule has 1 aromatic carbocycles. The maximum absolute atomic E-state index is 12.6. The van der Waals surface area contributed by atoms with Gasteiger partial charge in [0.2, 0.25) is 5.91 Å². The lowest BCUT2D eigenvalue weighted by Crippen LogP contribution is -2.45. The molecule has 0 spiro atoms. The quantitative estimate of drug-likeness (QED) is 0.895. The fraction of sp³-hybridized carbons (Fsp3) is 0.579. The van der Waals surface area contributed by atoms with E-state index in [2.05, 4.69) is 5.32 Å². The largest absolute Gasteiger partial charge is 0.337 e. The Morgan fingerprint density at radius 3 is 2.62 bits per heavy atom. The lowest BCUT2D eigenvalue weighted by atomic mass is 9.88. The molecule has 0 bridgehead atoms. The Morgan fingerprint density at radius 1 is 1.08 bits per heavy atom. The number of hydrogen-bond donors (Lipinski definition) is 2. The highest BCUT2D eigenvalue weighted by Gasteiger charge is 2.23. The molecule has 1 heterocycles. The number of rotatable bonds is 3. The maximum atomic E-state index is 12.6. The number of carbonyl (C=O) groups excluding carboxylic acids is 2. The van der Waals surface area contributed by atoms with Crippen molar-refractivity contribution in [2.24, 2.45) is 11.7 Å². The summed E-state index contributed by atoms with van der Waals surface area (Å²) in [4.78, 5) is 26.8. The molecule has 1 atom stereocenters. The molecule has 130 valence electrons. The zero-order valence-corrected chi connectivity index (χ0v) is 14.2. The van der Waals surface area contributed by atoms with Gasteiger partial charge < -0.3 is 16.0 Å². The van der Waals surface area contributed by atoms with Crippen LogP contribution in [0.25, 0.3) is 0 Å². The van der Waals surface area contributed by atoms with E-state index in [0.717, 1.165) is 45.1 Å². The minimum absolute atomic E-state index is 0.00100. The van der Waals surface area contributed by atoms with Gasteiger partial charge in [-0.3, -0.25) is 9.59 Å². The summed E-state index contributed by atoms with van der Waals surface area (Å²) in [5, 5.41) is 2.98. The van der Waals surface area contributed by atoms with Gasteiger partial charge in [0.15, 0.2) is 0 Å². The minimum Gasteiger partial charge on any atom is -0.337 e. The zero-order valence-electron chi connectivity index (χ0n) is 14.2. The van der Waals surface area contributed by atoms with Crippen LogP contribution in [-0.2, 0) is 4.79 Å². The predicted molar refractivity (Wildman–Crippen MR) is 94.8 cm³/mol. The summed E-state index contributed by atoms with van der Waals surface area (Å²) in [6.07, 6.45) is 7.35. The molecule has 2 aliphatic rings. The van der Waals surface area contributed by atoms with E-state index in [1.54, 1.807) is 12.1 Å². The highest BCUT2D eigenvalue weighted by atomic mass is 16.2. The van der Waals surface area contributed by atoms with Gasteiger partial charge in [0, 0.05) is 36.3 Å². The summed E-state index contributed by atoms with van der Waals surface area (Å²) in [6.45, 7) is 1.36. The van der Waals surface area contributed by atoms with Gasteiger partial charge in [-0.2, -0.15) is 0 Å². The Balaban J connectivity index is 1.65. The fourth-order valence-corrected chi connectivity index (χ4v) is 3.72. The SMILES string of the molecule is NC1CCCN(C(=O)c2cccc(NC(=O)C3CCCCC3)c2)C1. The van der Waals surface area contributed by atoms with Crippen molar-refractivity contribution >= 4 is 17.5 Å². The van der Waals surface area contributed by atoms with Gasteiger partial charge in [-0.15, -0.1) is 0 Å². The van der Waals surface area contributed by atoms with Crippen LogP contribution in [0.1, 0.15) is 55.3 Å². The van der Waals surface area contributed by atoms with E-state index in [9.17, 15) is 9.59 Å². The standard InChI is InChI=1S/C19H27N3O2/c20-16-9-5-11-22(13-16)19(24)15-8-4-10-17(12-15)21-18(23)14-6-2-1-3-7-14/h4,8,10,12,14,16H,1-3,5-7,9,11,13,20H2,(H,21,23). The summed E-state index contributed by atoms with van der Waals surface area (Å²) >= 11 is 0. The van der Waals surface area contributed by atoms with Crippen molar-refractivity contribution in [2.45, 2.75) is 51.0 Å². The lowest BCUT2D eigenvalue weighted by molar-refractivity contribution is -0.120. The Morgan fingerprint density at radius 2 is 1.88 bits per heavy atom. The summed E-state index contributed by atoms with van der Waals surface area (Å²) < 4.78 is 0. The van der Waals surface area contributed by atoms with Gasteiger partial charge in [0.1, 0.15) is 0 Å². The van der Waals surface area contributed by atoms with E-state index in [4.69, 9.17) is 5.73 Å². The maximum Gasteiger partial charge on any atom is 0.253 e. The van der Waals surface area contributed by atoms with Crippen molar-refractivity contribution < 1.29 is 9.59 Å². The van der Waals surface area contributed by atoms with Gasteiger partial charge in [-0.1, -0.05) is 25.3 Å². The minimum atomic E-state index is -0.00100. The first-order valence-corrected chi connectivity index (χ1v) is 9.09. The Bertz CT molecular complexity index is 596. The average Bonchev–Trinajstić information content (AvgIpc) is 2.62. The highest BCUT2D eigenvalue weighted by Crippen LogP contribution is 2.25. The normalized spacial score (nSPS) is 22.2. The molecular weight excluding hydrogens is 302 g/mol. The second kappa shape index (κ2) is 7.79. The molecular formula is C19H27N3O2. The van der Waals surface area contributed by atoms with Crippen LogP contribution in [-0.4, -0.2) is 35.8 Å². The van der Waals surface area contributed by atoms with Gasteiger partial charge >= 0.3 is 0 Å². The topological polar surface area (TPSA) is 75.4 Å². The zero-order chi connectivity index (χ0) is 16.9. The third kappa shape index (κ3) is 4.15. The first-order valence-electron chi connectivity index (χ1n) is 9.09. The van der Waals surface area contributed by atoms with Crippen LogP contribution in [0.3, 0.4) is 0 Å². The Labute approximate surface area is 143 Å². The number of amides is 2. The van der Waals surface area contributed by atoms with E-state index in [1.165, 1.54) is 6.42 Å². The number of carbonyl (C=O) groups is 2. The van der Waals surface area contributed by atoms with Crippen LogP contribution in [0.2, 0.25) is 0 Å². The summed E-state index contributed by atoms with van der Waals surface area (Å²) in [6, 6.07) is 7.33. The molecule has 1 saturated carbocycles. The second-order valence-corrected chi connectivity index (χ2v) is 7.06. The van der Waals surface area contributed by atoms with E-state index in [0.29, 0.717) is 17.8 Å². The molecule has 1 unspecified atom stereocenters. The van der Waals surface area contributed by atoms with Crippen LogP contribution in [0.4, 0.5) is 5.69 Å². The Hall–Kier alpha value is -1.88. The van der Waals surface area contributed by atoms with E-state index < -0.39 is 0 Å². The number of nitrogens with two attached hydrogens (primary N) is 1. The molecule has 1 saturated heterocycles. The molecule has 3 rings (SSSR count). The molecule has 5 nitrogen and oxygen atoms in total. The van der Waals surface area contributed by atoms with Gasteiger partial charge in [0.05, 0.1) is 0 Å². The molecule has 24 heavy (non-hydrogen) atoms. The molecule has 1 aliphatic carbocycles. The first kappa shape index (κ1) is 17.0. The number of nitrogens with zero attached hydrogens (tertiary/aromatic N) is 1. The van der Waals surface area contributed by atoms with Crippen LogP contribution in [0.5, 0.6) is 0 Å². The molecule has 0 aromatic heterocycles. The van der Waals surface area contributed by atoms with Crippen LogP contribution < -0.4 is 11.1 Å². The summed E-state index contributed by atoms with van der Waals surface area (Å²) in [7, 11) is 0. The molecule has 2 amide bonds. The molecule has 3 N–H and O–H groups in total. The summed E-state index contributed by atoms with van der Waals surface area (Å²) in [5.41, 5.74) is 7.29. The van der Waals surface area contributed by atoms with E-state index >= 15 is 0 Å².